The maximum Gasteiger partial charge on any atom is 0.389 e. The minimum Gasteiger partial charge on any atom is -0.466 e. The lowest BCUT2D eigenvalue weighted by Gasteiger charge is -2.11. The normalized spacial score (nSPS) is 14.4. The van der Waals surface area contributed by atoms with Gasteiger partial charge in [-0.3, -0.25) is 0 Å². The molecule has 0 aliphatic rings. The van der Waals surface area contributed by atoms with Crippen molar-refractivity contribution < 1.29 is 17.6 Å². The Hall–Kier alpha value is -0.490. The molecule has 0 spiro atoms. The zero-order chi connectivity index (χ0) is 10.8. The third-order valence-electron chi connectivity index (χ3n) is 1.72. The Labute approximate surface area is 87.4 Å². The van der Waals surface area contributed by atoms with Gasteiger partial charge in [0.05, 0.1) is 16.8 Å². The summed E-state index contributed by atoms with van der Waals surface area (Å²) in [5, 5.41) is 0. The molecule has 6 heteroatoms. The van der Waals surface area contributed by atoms with Crippen molar-refractivity contribution in [1.82, 2.24) is 0 Å². The summed E-state index contributed by atoms with van der Waals surface area (Å²) in [6.07, 6.45) is -3.86. The summed E-state index contributed by atoms with van der Waals surface area (Å²) in [6.45, 7) is 0. The van der Waals surface area contributed by atoms with Crippen LogP contribution in [0, 0.1) is 0 Å². The fraction of sp³-hybridized carbons (Fsp3) is 0.500. The number of halogens is 4. The molecule has 2 N–H and O–H groups in total. The van der Waals surface area contributed by atoms with Crippen LogP contribution in [-0.2, 0) is 0 Å². The molecule has 1 aromatic rings. The van der Waals surface area contributed by atoms with Crippen molar-refractivity contribution in [2.24, 2.45) is 5.73 Å². The Kier molecular flexibility index (Phi) is 3.60. The molecule has 1 rings (SSSR count). The van der Waals surface area contributed by atoms with Crippen LogP contribution in [0.1, 0.15) is 24.6 Å². The highest BCUT2D eigenvalue weighted by Gasteiger charge is 2.28. The summed E-state index contributed by atoms with van der Waals surface area (Å²) in [5.74, 6) is 0.356. The van der Waals surface area contributed by atoms with Crippen molar-refractivity contribution in [3.63, 3.8) is 0 Å². The molecule has 1 atom stereocenters. The van der Waals surface area contributed by atoms with Gasteiger partial charge in [0.15, 0.2) is 0 Å². The number of rotatable bonds is 3. The number of hydrogen-bond donors (Lipinski definition) is 1. The molecule has 1 aromatic heterocycles. The first-order valence-electron chi connectivity index (χ1n) is 3.95. The van der Waals surface area contributed by atoms with Crippen molar-refractivity contribution in [2.75, 3.05) is 0 Å². The van der Waals surface area contributed by atoms with Gasteiger partial charge in [0.1, 0.15) is 5.76 Å². The number of alkyl halides is 3. The second-order valence-corrected chi connectivity index (χ2v) is 3.75. The lowest BCUT2D eigenvalue weighted by atomic mass is 10.1. The van der Waals surface area contributed by atoms with Crippen molar-refractivity contribution >= 4 is 15.9 Å². The minimum absolute atomic E-state index is 0.171. The first-order valence-corrected chi connectivity index (χ1v) is 4.74. The van der Waals surface area contributed by atoms with E-state index in [1.807, 2.05) is 0 Å². The van der Waals surface area contributed by atoms with Gasteiger partial charge in [-0.25, -0.2) is 0 Å². The average Bonchev–Trinajstić information content (AvgIpc) is 2.46. The van der Waals surface area contributed by atoms with Crippen molar-refractivity contribution in [3.8, 4) is 0 Å². The number of nitrogens with two attached hydrogens (primary N) is 1. The van der Waals surface area contributed by atoms with Gasteiger partial charge in [0, 0.05) is 6.42 Å². The van der Waals surface area contributed by atoms with Crippen LogP contribution in [0.25, 0.3) is 0 Å². The Morgan fingerprint density at radius 1 is 1.50 bits per heavy atom. The van der Waals surface area contributed by atoms with E-state index in [-0.39, 0.29) is 6.42 Å². The Bertz CT molecular complexity index is 297. The molecule has 1 unspecified atom stereocenters. The Morgan fingerprint density at radius 2 is 2.14 bits per heavy atom. The molecule has 80 valence electrons. The summed E-state index contributed by atoms with van der Waals surface area (Å²) in [7, 11) is 0. The van der Waals surface area contributed by atoms with Gasteiger partial charge in [-0.05, 0) is 28.4 Å². The molecule has 0 bridgehead atoms. The number of furan rings is 1. The van der Waals surface area contributed by atoms with E-state index in [1.54, 1.807) is 6.07 Å². The van der Waals surface area contributed by atoms with Crippen LogP contribution in [0.5, 0.6) is 0 Å². The first-order chi connectivity index (χ1) is 6.40. The van der Waals surface area contributed by atoms with Crippen molar-refractivity contribution in [2.45, 2.75) is 25.1 Å². The maximum atomic E-state index is 11.9. The largest absolute Gasteiger partial charge is 0.466 e. The monoisotopic (exact) mass is 271 g/mol. The third kappa shape index (κ3) is 3.34. The van der Waals surface area contributed by atoms with Crippen LogP contribution in [0.2, 0.25) is 0 Å². The van der Waals surface area contributed by atoms with E-state index < -0.39 is 18.6 Å². The smallest absolute Gasteiger partial charge is 0.389 e. The lowest BCUT2D eigenvalue weighted by molar-refractivity contribution is -0.136. The second-order valence-electron chi connectivity index (χ2n) is 2.89. The number of hydrogen-bond acceptors (Lipinski definition) is 2. The van der Waals surface area contributed by atoms with Gasteiger partial charge in [-0.1, -0.05) is 0 Å². The minimum atomic E-state index is -4.17. The highest BCUT2D eigenvalue weighted by atomic mass is 79.9. The molecule has 2 nitrogen and oxygen atoms in total. The van der Waals surface area contributed by atoms with Gasteiger partial charge < -0.3 is 10.2 Å². The summed E-state index contributed by atoms with van der Waals surface area (Å²) in [4.78, 5) is 0. The van der Waals surface area contributed by atoms with Crippen molar-refractivity contribution in [1.29, 1.82) is 0 Å². The molecular formula is C8H9BrF3NO. The van der Waals surface area contributed by atoms with Crippen LogP contribution >= 0.6 is 15.9 Å². The fourth-order valence-electron chi connectivity index (χ4n) is 1.02. The molecule has 0 aliphatic heterocycles. The molecule has 1 heterocycles. The van der Waals surface area contributed by atoms with Gasteiger partial charge in [-0.2, -0.15) is 13.2 Å². The zero-order valence-corrected chi connectivity index (χ0v) is 8.73. The molecule has 0 saturated heterocycles. The van der Waals surface area contributed by atoms with Gasteiger partial charge >= 0.3 is 6.18 Å². The molecule has 14 heavy (non-hydrogen) atoms. The molecule has 0 amide bonds. The molecule has 0 saturated carbocycles. The van der Waals surface area contributed by atoms with Crippen LogP contribution in [-0.4, -0.2) is 6.18 Å². The van der Waals surface area contributed by atoms with Crippen LogP contribution in [0.4, 0.5) is 13.2 Å². The summed E-state index contributed by atoms with van der Waals surface area (Å²) in [5.41, 5.74) is 5.52. The highest BCUT2D eigenvalue weighted by molar-refractivity contribution is 9.10. The summed E-state index contributed by atoms with van der Waals surface area (Å²) >= 11 is 3.13. The first kappa shape index (κ1) is 11.6. The van der Waals surface area contributed by atoms with Crippen LogP contribution in [0.15, 0.2) is 21.2 Å². The highest BCUT2D eigenvalue weighted by Crippen LogP contribution is 2.30. The molecule has 0 aliphatic carbocycles. The van der Waals surface area contributed by atoms with E-state index in [9.17, 15) is 13.2 Å². The van der Waals surface area contributed by atoms with Gasteiger partial charge in [0.2, 0.25) is 0 Å². The Morgan fingerprint density at radius 3 is 2.57 bits per heavy atom. The van der Waals surface area contributed by atoms with E-state index >= 15 is 0 Å². The Balaban J connectivity index is 2.51. The predicted molar refractivity (Wildman–Crippen MR) is 48.6 cm³/mol. The van der Waals surface area contributed by atoms with Crippen LogP contribution < -0.4 is 5.73 Å². The van der Waals surface area contributed by atoms with E-state index in [0.717, 1.165) is 0 Å². The lowest BCUT2D eigenvalue weighted by Crippen LogP contribution is -2.15. The average molecular weight is 272 g/mol. The molecule has 0 aromatic carbocycles. The zero-order valence-electron chi connectivity index (χ0n) is 7.14. The molecule has 0 radical (unpaired) electrons. The van der Waals surface area contributed by atoms with E-state index in [2.05, 4.69) is 15.9 Å². The van der Waals surface area contributed by atoms with Gasteiger partial charge in [0.25, 0.3) is 0 Å². The third-order valence-corrected chi connectivity index (χ3v) is 2.38. The van der Waals surface area contributed by atoms with Gasteiger partial charge in [-0.15, -0.1) is 0 Å². The summed E-state index contributed by atoms with van der Waals surface area (Å²) < 4.78 is 41.1. The van der Waals surface area contributed by atoms with E-state index in [0.29, 0.717) is 10.2 Å². The summed E-state index contributed by atoms with van der Waals surface area (Å²) in [6, 6.07) is 0.879. The van der Waals surface area contributed by atoms with E-state index in [1.165, 1.54) is 6.26 Å². The molecule has 0 fully saturated rings. The topological polar surface area (TPSA) is 39.2 Å². The van der Waals surface area contributed by atoms with Crippen LogP contribution in [0.3, 0.4) is 0 Å². The standard InChI is InChI=1S/C8H9BrF3NO/c9-5-2-4-14-7(5)6(13)1-3-8(10,11)12/h2,4,6H,1,3,13H2. The van der Waals surface area contributed by atoms with Crippen molar-refractivity contribution in [3.05, 3.63) is 22.6 Å². The maximum absolute atomic E-state index is 11.9. The second kappa shape index (κ2) is 4.35. The molecular weight excluding hydrogens is 263 g/mol. The predicted octanol–water partition coefficient (Wildman–Crippen LogP) is 3.38. The quantitative estimate of drug-likeness (QED) is 0.916. The SMILES string of the molecule is NC(CCC(F)(F)F)c1occc1Br. The fourth-order valence-corrected chi connectivity index (χ4v) is 1.52. The van der Waals surface area contributed by atoms with E-state index in [4.69, 9.17) is 10.2 Å².